The average Bonchev–Trinajstić information content (AvgIpc) is 2.21. The molecule has 1 aromatic carbocycles. The van der Waals surface area contributed by atoms with Crippen LogP contribution in [-0.4, -0.2) is 25.7 Å². The van der Waals surface area contributed by atoms with Crippen LogP contribution in [0.15, 0.2) is 22.7 Å². The minimum atomic E-state index is 0.168. The summed E-state index contributed by atoms with van der Waals surface area (Å²) in [5.74, 6) is 0.913. The minimum absolute atomic E-state index is 0.168. The number of hydrogen-bond acceptors (Lipinski definition) is 3. The van der Waals surface area contributed by atoms with E-state index in [0.29, 0.717) is 6.04 Å². The molecular formula is C11H15BrN2O. The summed E-state index contributed by atoms with van der Waals surface area (Å²) >= 11 is 3.50. The number of anilines is 1. The summed E-state index contributed by atoms with van der Waals surface area (Å²) in [5, 5.41) is 6.58. The fraction of sp³-hybridized carbons (Fsp3) is 0.455. The van der Waals surface area contributed by atoms with Gasteiger partial charge in [-0.2, -0.15) is 0 Å². The molecule has 0 spiro atoms. The van der Waals surface area contributed by atoms with Crippen molar-refractivity contribution >= 4 is 21.6 Å². The Labute approximate surface area is 98.3 Å². The second-order valence-electron chi connectivity index (χ2n) is 3.76. The smallest absolute Gasteiger partial charge is 0.157 e. The number of ether oxygens (including phenoxy) is 1. The van der Waals surface area contributed by atoms with Crippen LogP contribution in [0, 0.1) is 0 Å². The number of rotatable bonds is 2. The lowest BCUT2D eigenvalue weighted by molar-refractivity contribution is 0.173. The van der Waals surface area contributed by atoms with Gasteiger partial charge < -0.3 is 15.4 Å². The maximum atomic E-state index is 5.94. The number of nitrogens with one attached hydrogen (secondary N) is 2. The maximum absolute atomic E-state index is 5.94. The van der Waals surface area contributed by atoms with Crippen LogP contribution in [0.2, 0.25) is 0 Å². The van der Waals surface area contributed by atoms with Crippen LogP contribution in [-0.2, 0) is 0 Å². The summed E-state index contributed by atoms with van der Waals surface area (Å²) in [7, 11) is 1.94. The summed E-state index contributed by atoms with van der Waals surface area (Å²) in [6.07, 6.45) is 0.168. The van der Waals surface area contributed by atoms with Crippen LogP contribution in [0.3, 0.4) is 0 Å². The molecule has 15 heavy (non-hydrogen) atoms. The first kappa shape index (κ1) is 10.8. The summed E-state index contributed by atoms with van der Waals surface area (Å²) in [5.41, 5.74) is 1.06. The highest BCUT2D eigenvalue weighted by atomic mass is 79.9. The second kappa shape index (κ2) is 4.41. The number of hydrogen-bond donors (Lipinski definition) is 2. The lowest BCUT2D eigenvalue weighted by Crippen LogP contribution is -2.45. The Balaban J connectivity index is 2.26. The van der Waals surface area contributed by atoms with Gasteiger partial charge in [0.05, 0.1) is 16.2 Å². The fourth-order valence-corrected chi connectivity index (χ4v) is 2.21. The molecule has 3 nitrogen and oxygen atoms in total. The van der Waals surface area contributed by atoms with E-state index >= 15 is 0 Å². The Kier molecular flexibility index (Phi) is 3.17. The van der Waals surface area contributed by atoms with Crippen LogP contribution in [0.4, 0.5) is 5.69 Å². The van der Waals surface area contributed by atoms with Crippen LogP contribution >= 0.6 is 15.9 Å². The van der Waals surface area contributed by atoms with Gasteiger partial charge in [-0.25, -0.2) is 0 Å². The molecular weight excluding hydrogens is 256 g/mol. The zero-order chi connectivity index (χ0) is 10.8. The van der Waals surface area contributed by atoms with Crippen molar-refractivity contribution in [2.45, 2.75) is 19.1 Å². The van der Waals surface area contributed by atoms with E-state index in [-0.39, 0.29) is 6.10 Å². The summed E-state index contributed by atoms with van der Waals surface area (Å²) in [6, 6.07) is 6.35. The van der Waals surface area contributed by atoms with Gasteiger partial charge in [0.2, 0.25) is 0 Å². The maximum Gasteiger partial charge on any atom is 0.157 e. The predicted molar refractivity (Wildman–Crippen MR) is 65.6 cm³/mol. The summed E-state index contributed by atoms with van der Waals surface area (Å²) in [4.78, 5) is 0. The fourth-order valence-electron chi connectivity index (χ4n) is 1.75. The molecule has 0 radical (unpaired) electrons. The normalized spacial score (nSPS) is 23.9. The van der Waals surface area contributed by atoms with Gasteiger partial charge in [0.15, 0.2) is 5.75 Å². The topological polar surface area (TPSA) is 33.3 Å². The van der Waals surface area contributed by atoms with E-state index < -0.39 is 0 Å². The first-order valence-corrected chi connectivity index (χ1v) is 5.88. The molecule has 1 aromatic rings. The van der Waals surface area contributed by atoms with Gasteiger partial charge in [-0.15, -0.1) is 0 Å². The van der Waals surface area contributed by atoms with E-state index in [1.54, 1.807) is 0 Å². The molecule has 4 heteroatoms. The number of likely N-dealkylation sites (N-methyl/N-ethyl adjacent to an activating group) is 1. The third-order valence-corrected chi connectivity index (χ3v) is 3.21. The molecule has 1 heterocycles. The van der Waals surface area contributed by atoms with Crippen molar-refractivity contribution in [1.82, 2.24) is 5.32 Å². The molecule has 2 atom stereocenters. The monoisotopic (exact) mass is 270 g/mol. The lowest BCUT2D eigenvalue weighted by Gasteiger charge is -2.33. The number of benzene rings is 1. The Morgan fingerprint density at radius 1 is 1.53 bits per heavy atom. The van der Waals surface area contributed by atoms with Crippen LogP contribution < -0.4 is 15.4 Å². The predicted octanol–water partition coefficient (Wildman–Crippen LogP) is 2.23. The van der Waals surface area contributed by atoms with Gasteiger partial charge in [0, 0.05) is 6.54 Å². The van der Waals surface area contributed by atoms with Gasteiger partial charge >= 0.3 is 0 Å². The Morgan fingerprint density at radius 3 is 3.07 bits per heavy atom. The molecule has 0 saturated carbocycles. The molecule has 0 aromatic heterocycles. The van der Waals surface area contributed by atoms with Gasteiger partial charge in [-0.3, -0.25) is 0 Å². The molecule has 0 aliphatic carbocycles. The zero-order valence-corrected chi connectivity index (χ0v) is 10.5. The van der Waals surface area contributed by atoms with E-state index in [2.05, 4.69) is 33.5 Å². The first-order valence-electron chi connectivity index (χ1n) is 5.08. The molecule has 82 valence electrons. The first-order chi connectivity index (χ1) is 7.22. The Hall–Kier alpha value is -0.740. The molecule has 0 fully saturated rings. The Bertz CT molecular complexity index is 356. The quantitative estimate of drug-likeness (QED) is 0.865. The van der Waals surface area contributed by atoms with Gasteiger partial charge in [-0.05, 0) is 42.0 Å². The second-order valence-corrected chi connectivity index (χ2v) is 4.62. The van der Waals surface area contributed by atoms with E-state index in [1.807, 2.05) is 25.2 Å². The number of fused-ring (bicyclic) bond motifs is 1. The summed E-state index contributed by atoms with van der Waals surface area (Å²) in [6.45, 7) is 2.97. The van der Waals surface area contributed by atoms with Gasteiger partial charge in [0.1, 0.15) is 6.10 Å². The highest BCUT2D eigenvalue weighted by Gasteiger charge is 2.26. The molecule has 0 saturated heterocycles. The van der Waals surface area contributed by atoms with Gasteiger partial charge in [0.25, 0.3) is 0 Å². The molecule has 2 N–H and O–H groups in total. The molecule has 1 aliphatic rings. The van der Waals surface area contributed by atoms with Crippen molar-refractivity contribution in [3.8, 4) is 5.75 Å². The largest absolute Gasteiger partial charge is 0.484 e. The number of para-hydroxylation sites is 1. The molecule has 2 rings (SSSR count). The van der Waals surface area contributed by atoms with Crippen molar-refractivity contribution < 1.29 is 4.74 Å². The van der Waals surface area contributed by atoms with Gasteiger partial charge in [-0.1, -0.05) is 6.07 Å². The van der Waals surface area contributed by atoms with Crippen LogP contribution in [0.1, 0.15) is 6.92 Å². The van der Waals surface area contributed by atoms with Crippen LogP contribution in [0.25, 0.3) is 0 Å². The third kappa shape index (κ3) is 2.11. The van der Waals surface area contributed by atoms with Crippen molar-refractivity contribution in [2.75, 3.05) is 18.9 Å². The average molecular weight is 271 g/mol. The van der Waals surface area contributed by atoms with E-state index in [9.17, 15) is 0 Å². The van der Waals surface area contributed by atoms with E-state index in [4.69, 9.17) is 4.74 Å². The molecule has 0 bridgehead atoms. The van der Waals surface area contributed by atoms with E-state index in [0.717, 1.165) is 22.5 Å². The highest BCUT2D eigenvalue weighted by Crippen LogP contribution is 2.37. The Morgan fingerprint density at radius 2 is 2.33 bits per heavy atom. The van der Waals surface area contributed by atoms with Crippen molar-refractivity contribution in [3.05, 3.63) is 22.7 Å². The van der Waals surface area contributed by atoms with Crippen molar-refractivity contribution in [2.24, 2.45) is 0 Å². The minimum Gasteiger partial charge on any atom is -0.484 e. The molecule has 0 amide bonds. The number of halogens is 1. The standard InChI is InChI=1S/C11H15BrN2O/c1-7-10(6-13-2)15-11-8(12)4-3-5-9(11)14-7/h3-5,7,10,13-14H,6H2,1-2H3. The van der Waals surface area contributed by atoms with Crippen LogP contribution in [0.5, 0.6) is 5.75 Å². The van der Waals surface area contributed by atoms with Crippen molar-refractivity contribution in [3.63, 3.8) is 0 Å². The molecule has 2 unspecified atom stereocenters. The lowest BCUT2D eigenvalue weighted by atomic mass is 10.1. The molecule has 1 aliphatic heterocycles. The SMILES string of the molecule is CNCC1Oc2c(Br)cccc2NC1C. The highest BCUT2D eigenvalue weighted by molar-refractivity contribution is 9.10. The van der Waals surface area contributed by atoms with E-state index in [1.165, 1.54) is 0 Å². The third-order valence-electron chi connectivity index (χ3n) is 2.58. The zero-order valence-electron chi connectivity index (χ0n) is 8.88. The summed E-state index contributed by atoms with van der Waals surface area (Å²) < 4.78 is 6.94. The van der Waals surface area contributed by atoms with Crippen molar-refractivity contribution in [1.29, 1.82) is 0 Å².